The molecular formula is C17H22N6O. The van der Waals surface area contributed by atoms with Crippen molar-refractivity contribution in [2.75, 3.05) is 10.6 Å². The van der Waals surface area contributed by atoms with E-state index in [-0.39, 0.29) is 11.8 Å². The third-order valence-corrected chi connectivity index (χ3v) is 3.31. The number of aromatic nitrogens is 2. The molecule has 7 nitrogen and oxygen atoms in total. The topological polar surface area (TPSA) is 119 Å². The number of anilines is 2. The molecule has 0 aliphatic heterocycles. The van der Waals surface area contributed by atoms with Crippen LogP contribution in [0, 0.1) is 5.92 Å². The van der Waals surface area contributed by atoms with E-state index in [1.54, 1.807) is 24.4 Å². The molecule has 0 unspecified atom stereocenters. The Morgan fingerprint density at radius 1 is 1.25 bits per heavy atom. The number of nitrogens with two attached hydrogens (primary N) is 2. The van der Waals surface area contributed by atoms with Gasteiger partial charge in [0.1, 0.15) is 11.6 Å². The largest absolute Gasteiger partial charge is 0.404 e. The highest BCUT2D eigenvalue weighted by Gasteiger charge is 2.05. The molecule has 0 aliphatic carbocycles. The van der Waals surface area contributed by atoms with E-state index in [0.29, 0.717) is 22.8 Å². The van der Waals surface area contributed by atoms with E-state index in [2.05, 4.69) is 20.6 Å². The van der Waals surface area contributed by atoms with Crippen molar-refractivity contribution >= 4 is 28.4 Å². The van der Waals surface area contributed by atoms with Crippen molar-refractivity contribution in [3.8, 4) is 0 Å². The van der Waals surface area contributed by atoms with Crippen molar-refractivity contribution in [3.63, 3.8) is 0 Å². The SMILES string of the molecule is CC(=O)Nc1cnc2ccc(N/C(N)=C/C(=C\N)C(C)C)nc2c1. The molecule has 0 aliphatic rings. The number of hydrogen-bond donors (Lipinski definition) is 4. The summed E-state index contributed by atoms with van der Waals surface area (Å²) in [7, 11) is 0. The van der Waals surface area contributed by atoms with E-state index in [0.717, 1.165) is 11.1 Å². The second kappa shape index (κ2) is 7.45. The molecule has 0 spiro atoms. The molecule has 24 heavy (non-hydrogen) atoms. The molecule has 2 heterocycles. The number of rotatable bonds is 5. The number of carbonyl (C=O) groups is 1. The Hall–Kier alpha value is -3.09. The second-order valence-electron chi connectivity index (χ2n) is 5.69. The van der Waals surface area contributed by atoms with Crippen LogP contribution in [0.2, 0.25) is 0 Å². The van der Waals surface area contributed by atoms with Gasteiger partial charge in [-0.05, 0) is 42.0 Å². The quantitative estimate of drug-likeness (QED) is 0.626. The molecule has 1 amide bonds. The van der Waals surface area contributed by atoms with Gasteiger partial charge in [0.05, 0.1) is 22.9 Å². The fraction of sp³-hybridized carbons (Fsp3) is 0.235. The number of carbonyl (C=O) groups excluding carboxylic acids is 1. The van der Waals surface area contributed by atoms with Gasteiger partial charge in [0.2, 0.25) is 5.91 Å². The molecule has 2 rings (SSSR count). The Morgan fingerprint density at radius 2 is 2.00 bits per heavy atom. The van der Waals surface area contributed by atoms with Crippen LogP contribution in [-0.4, -0.2) is 15.9 Å². The van der Waals surface area contributed by atoms with E-state index in [1.807, 2.05) is 19.9 Å². The molecule has 2 aromatic heterocycles. The molecule has 0 saturated carbocycles. The second-order valence-corrected chi connectivity index (χ2v) is 5.69. The maximum atomic E-state index is 11.1. The van der Waals surface area contributed by atoms with Gasteiger partial charge in [-0.3, -0.25) is 9.78 Å². The summed E-state index contributed by atoms with van der Waals surface area (Å²) in [4.78, 5) is 19.9. The van der Waals surface area contributed by atoms with Gasteiger partial charge in [0.25, 0.3) is 0 Å². The summed E-state index contributed by atoms with van der Waals surface area (Å²) in [6, 6.07) is 5.38. The number of amides is 1. The third kappa shape index (κ3) is 4.45. The molecule has 0 atom stereocenters. The lowest BCUT2D eigenvalue weighted by Crippen LogP contribution is -2.12. The first-order valence-corrected chi connectivity index (χ1v) is 7.59. The van der Waals surface area contributed by atoms with Gasteiger partial charge in [-0.15, -0.1) is 0 Å². The summed E-state index contributed by atoms with van der Waals surface area (Å²) in [5.74, 6) is 1.13. The summed E-state index contributed by atoms with van der Waals surface area (Å²) in [5, 5.41) is 5.71. The van der Waals surface area contributed by atoms with Crippen LogP contribution in [0.1, 0.15) is 20.8 Å². The molecule has 7 heteroatoms. The van der Waals surface area contributed by atoms with Gasteiger partial charge in [-0.25, -0.2) is 4.98 Å². The van der Waals surface area contributed by atoms with Gasteiger partial charge in [-0.1, -0.05) is 13.8 Å². The molecule has 0 radical (unpaired) electrons. The molecule has 0 aromatic carbocycles. The molecule has 0 fully saturated rings. The average Bonchev–Trinajstić information content (AvgIpc) is 2.51. The highest BCUT2D eigenvalue weighted by Crippen LogP contribution is 2.18. The van der Waals surface area contributed by atoms with Crippen LogP contribution in [0.3, 0.4) is 0 Å². The number of pyridine rings is 2. The number of allylic oxidation sites excluding steroid dienone is 2. The Morgan fingerprint density at radius 3 is 2.62 bits per heavy atom. The summed E-state index contributed by atoms with van der Waals surface area (Å²) in [6.45, 7) is 5.51. The van der Waals surface area contributed by atoms with E-state index in [1.165, 1.54) is 13.1 Å². The minimum absolute atomic E-state index is 0.160. The predicted molar refractivity (Wildman–Crippen MR) is 96.8 cm³/mol. The number of nitrogens with one attached hydrogen (secondary N) is 2. The van der Waals surface area contributed by atoms with Crippen LogP contribution >= 0.6 is 0 Å². The highest BCUT2D eigenvalue weighted by atomic mass is 16.1. The van der Waals surface area contributed by atoms with Crippen molar-refractivity contribution in [1.29, 1.82) is 0 Å². The van der Waals surface area contributed by atoms with Crippen LogP contribution in [0.25, 0.3) is 11.0 Å². The summed E-state index contributed by atoms with van der Waals surface area (Å²) in [6.07, 6.45) is 4.91. The van der Waals surface area contributed by atoms with Gasteiger partial charge in [0.15, 0.2) is 0 Å². The van der Waals surface area contributed by atoms with Crippen LogP contribution < -0.4 is 22.1 Å². The van der Waals surface area contributed by atoms with Crippen LogP contribution in [-0.2, 0) is 4.79 Å². The maximum Gasteiger partial charge on any atom is 0.221 e. The zero-order valence-corrected chi connectivity index (χ0v) is 14.0. The lowest BCUT2D eigenvalue weighted by molar-refractivity contribution is -0.114. The van der Waals surface area contributed by atoms with Gasteiger partial charge in [0, 0.05) is 6.92 Å². The molecule has 0 saturated heterocycles. The van der Waals surface area contributed by atoms with E-state index < -0.39 is 0 Å². The highest BCUT2D eigenvalue weighted by molar-refractivity contribution is 5.91. The number of fused-ring (bicyclic) bond motifs is 1. The summed E-state index contributed by atoms with van der Waals surface area (Å²) < 4.78 is 0. The Kier molecular flexibility index (Phi) is 5.36. The fourth-order valence-electron chi connectivity index (χ4n) is 2.12. The molecule has 2 aromatic rings. The number of hydrogen-bond acceptors (Lipinski definition) is 6. The van der Waals surface area contributed by atoms with E-state index in [4.69, 9.17) is 11.5 Å². The minimum Gasteiger partial charge on any atom is -0.404 e. The maximum absolute atomic E-state index is 11.1. The first kappa shape index (κ1) is 17.3. The fourth-order valence-corrected chi connectivity index (χ4v) is 2.12. The van der Waals surface area contributed by atoms with Crippen LogP contribution in [0.4, 0.5) is 11.5 Å². The summed E-state index contributed by atoms with van der Waals surface area (Å²) in [5.41, 5.74) is 14.5. The Balaban J connectivity index is 2.26. The average molecular weight is 326 g/mol. The van der Waals surface area contributed by atoms with Crippen molar-refractivity contribution in [2.24, 2.45) is 17.4 Å². The van der Waals surface area contributed by atoms with Crippen molar-refractivity contribution in [3.05, 3.63) is 48.1 Å². The molecule has 126 valence electrons. The number of nitrogens with zero attached hydrogens (tertiary/aromatic N) is 2. The van der Waals surface area contributed by atoms with E-state index >= 15 is 0 Å². The summed E-state index contributed by atoms with van der Waals surface area (Å²) >= 11 is 0. The van der Waals surface area contributed by atoms with Crippen LogP contribution in [0.15, 0.2) is 48.1 Å². The predicted octanol–water partition coefficient (Wildman–Crippen LogP) is 2.30. The normalized spacial score (nSPS) is 12.5. The van der Waals surface area contributed by atoms with Crippen LogP contribution in [0.5, 0.6) is 0 Å². The third-order valence-electron chi connectivity index (χ3n) is 3.31. The monoisotopic (exact) mass is 326 g/mol. The van der Waals surface area contributed by atoms with Gasteiger partial charge in [-0.2, -0.15) is 0 Å². The van der Waals surface area contributed by atoms with Crippen molar-refractivity contribution in [2.45, 2.75) is 20.8 Å². The zero-order chi connectivity index (χ0) is 17.7. The lowest BCUT2D eigenvalue weighted by Gasteiger charge is -2.10. The standard InChI is InChI=1S/C17H22N6O/c1-10(2)12(8-18)6-16(19)23-17-5-4-14-15(22-17)7-13(9-20-14)21-11(3)24/h4-10H,18-19H2,1-3H3,(H,21,24)(H,22,23)/b12-8+,16-6+. The first-order valence-electron chi connectivity index (χ1n) is 7.59. The van der Waals surface area contributed by atoms with Crippen molar-refractivity contribution < 1.29 is 4.79 Å². The Bertz CT molecular complexity index is 810. The minimum atomic E-state index is -0.160. The zero-order valence-electron chi connectivity index (χ0n) is 14.0. The van der Waals surface area contributed by atoms with Gasteiger partial charge < -0.3 is 22.1 Å². The molecule has 0 bridgehead atoms. The first-order chi connectivity index (χ1) is 11.4. The lowest BCUT2D eigenvalue weighted by atomic mass is 10.0. The molecule has 6 N–H and O–H groups in total. The Labute approximate surface area is 140 Å². The van der Waals surface area contributed by atoms with Gasteiger partial charge >= 0.3 is 0 Å². The smallest absolute Gasteiger partial charge is 0.221 e. The van der Waals surface area contributed by atoms with Crippen molar-refractivity contribution in [1.82, 2.24) is 9.97 Å². The van der Waals surface area contributed by atoms with E-state index in [9.17, 15) is 4.79 Å². The molecular weight excluding hydrogens is 304 g/mol.